The lowest BCUT2D eigenvalue weighted by molar-refractivity contribution is 0.0445. The van der Waals surface area contributed by atoms with E-state index in [1.54, 1.807) is 6.92 Å². The molecule has 0 spiro atoms. The molecule has 0 aliphatic carbocycles. The van der Waals surface area contributed by atoms with E-state index in [4.69, 9.17) is 25.2 Å². The Balaban J connectivity index is 0. The lowest BCUT2D eigenvalue weighted by atomic mass is 10.0. The second-order valence-electron chi connectivity index (χ2n) is 7.75. The molecule has 0 radical (unpaired) electrons. The number of hydrogen-bond acceptors (Lipinski definition) is 5. The fourth-order valence-electron chi connectivity index (χ4n) is 3.04. The van der Waals surface area contributed by atoms with Gasteiger partial charge in [-0.25, -0.2) is 0 Å². The number of ether oxygens (including phenoxy) is 1. The van der Waals surface area contributed by atoms with Gasteiger partial charge in [-0.3, -0.25) is 0 Å². The van der Waals surface area contributed by atoms with Gasteiger partial charge in [0, 0.05) is 13.2 Å². The van der Waals surface area contributed by atoms with Crippen LogP contribution in [0, 0.1) is 0 Å². The molecule has 0 aromatic carbocycles. The van der Waals surface area contributed by atoms with Crippen molar-refractivity contribution >= 4 is 0 Å². The van der Waals surface area contributed by atoms with Crippen molar-refractivity contribution in [3.05, 3.63) is 0 Å². The van der Waals surface area contributed by atoms with Crippen LogP contribution in [0.1, 0.15) is 110 Å². The lowest BCUT2D eigenvalue weighted by Gasteiger charge is -2.06. The smallest absolute Gasteiger partial charge is 0.0745 e. The zero-order valence-corrected chi connectivity index (χ0v) is 18.6. The van der Waals surface area contributed by atoms with Crippen LogP contribution < -0.4 is 0 Å². The standard InChI is InChI=1S/C21H44O3.C2H6O2/c1-21(23)20-24-19-17-15-13-11-9-7-5-3-2-4-6-8-10-12-14-16-18-22;3-1-2-4/h21-23H,2-20H2,1H3;3-4H,1-2H2. The molecule has 1 unspecified atom stereocenters. The van der Waals surface area contributed by atoms with Gasteiger partial charge < -0.3 is 25.2 Å². The summed E-state index contributed by atoms with van der Waals surface area (Å²) in [5, 5.41) is 33.0. The van der Waals surface area contributed by atoms with Gasteiger partial charge in [0.05, 0.1) is 25.9 Å². The van der Waals surface area contributed by atoms with Crippen LogP contribution in [0.2, 0.25) is 0 Å². The number of unbranched alkanes of at least 4 members (excludes halogenated alkanes) is 15. The molecular weight excluding hydrogens is 356 g/mol. The Kier molecular flexibility index (Phi) is 31.1. The third-order valence-corrected chi connectivity index (χ3v) is 4.66. The highest BCUT2D eigenvalue weighted by molar-refractivity contribution is 4.50. The zero-order chi connectivity index (χ0) is 21.1. The van der Waals surface area contributed by atoms with E-state index in [0.29, 0.717) is 13.2 Å². The van der Waals surface area contributed by atoms with Crippen molar-refractivity contribution in [2.75, 3.05) is 33.0 Å². The predicted octanol–water partition coefficient (Wildman–Crippen LogP) is 4.59. The minimum Gasteiger partial charge on any atom is -0.396 e. The third-order valence-electron chi connectivity index (χ3n) is 4.66. The van der Waals surface area contributed by atoms with E-state index in [9.17, 15) is 0 Å². The van der Waals surface area contributed by atoms with E-state index in [0.717, 1.165) is 19.4 Å². The topological polar surface area (TPSA) is 90.2 Å². The summed E-state index contributed by atoms with van der Waals surface area (Å²) in [6, 6.07) is 0. The molecular formula is C23H50O5. The molecule has 0 aliphatic rings. The fraction of sp³-hybridized carbons (Fsp3) is 1.00. The van der Waals surface area contributed by atoms with Gasteiger partial charge in [0.25, 0.3) is 0 Å². The molecule has 0 saturated carbocycles. The summed E-state index contributed by atoms with van der Waals surface area (Å²) in [5.41, 5.74) is 0. The molecule has 0 amide bonds. The van der Waals surface area contributed by atoms with Crippen molar-refractivity contribution in [3.63, 3.8) is 0 Å². The summed E-state index contributed by atoms with van der Waals surface area (Å²) in [7, 11) is 0. The quantitative estimate of drug-likeness (QED) is 0.209. The molecule has 0 aliphatic heterocycles. The van der Waals surface area contributed by atoms with Crippen LogP contribution in [-0.4, -0.2) is 59.6 Å². The van der Waals surface area contributed by atoms with E-state index in [2.05, 4.69) is 0 Å². The second kappa shape index (κ2) is 29.0. The monoisotopic (exact) mass is 406 g/mol. The van der Waals surface area contributed by atoms with Gasteiger partial charge in [-0.1, -0.05) is 89.9 Å². The highest BCUT2D eigenvalue weighted by Crippen LogP contribution is 2.13. The summed E-state index contributed by atoms with van der Waals surface area (Å²) in [6.07, 6.45) is 20.8. The van der Waals surface area contributed by atoms with Gasteiger partial charge in [-0.15, -0.1) is 0 Å². The molecule has 5 heteroatoms. The van der Waals surface area contributed by atoms with Crippen LogP contribution in [0.15, 0.2) is 0 Å². The maximum absolute atomic E-state index is 9.06. The van der Waals surface area contributed by atoms with Crippen molar-refractivity contribution in [2.45, 2.75) is 116 Å². The van der Waals surface area contributed by atoms with Crippen molar-refractivity contribution in [1.82, 2.24) is 0 Å². The Morgan fingerprint density at radius 1 is 0.500 bits per heavy atom. The first-order valence-electron chi connectivity index (χ1n) is 11.8. The van der Waals surface area contributed by atoms with Crippen LogP contribution in [0.25, 0.3) is 0 Å². The predicted molar refractivity (Wildman–Crippen MR) is 118 cm³/mol. The average molecular weight is 407 g/mol. The van der Waals surface area contributed by atoms with Crippen molar-refractivity contribution in [1.29, 1.82) is 0 Å². The van der Waals surface area contributed by atoms with Gasteiger partial charge in [-0.2, -0.15) is 0 Å². The highest BCUT2D eigenvalue weighted by Gasteiger charge is 1.96. The van der Waals surface area contributed by atoms with Gasteiger partial charge in [-0.05, 0) is 19.8 Å². The number of hydrogen-bond donors (Lipinski definition) is 4. The number of aliphatic hydroxyl groups is 4. The van der Waals surface area contributed by atoms with Crippen LogP contribution in [0.5, 0.6) is 0 Å². The van der Waals surface area contributed by atoms with E-state index in [-0.39, 0.29) is 19.3 Å². The Hall–Kier alpha value is -0.200. The molecule has 0 aromatic rings. The third kappa shape index (κ3) is 33.4. The summed E-state index contributed by atoms with van der Waals surface area (Å²) in [5.74, 6) is 0. The SMILES string of the molecule is CC(O)COCCCCCCCCCCCCCCCCCCO.OCCO. The fourth-order valence-corrected chi connectivity index (χ4v) is 3.04. The molecule has 0 heterocycles. The van der Waals surface area contributed by atoms with Gasteiger partial charge >= 0.3 is 0 Å². The van der Waals surface area contributed by atoms with E-state index >= 15 is 0 Å². The first kappa shape index (κ1) is 30.0. The van der Waals surface area contributed by atoms with Crippen LogP contribution in [-0.2, 0) is 4.74 Å². The maximum atomic E-state index is 9.06. The average Bonchev–Trinajstić information content (AvgIpc) is 2.69. The Bertz CT molecular complexity index is 247. The first-order chi connectivity index (χ1) is 13.7. The summed E-state index contributed by atoms with van der Waals surface area (Å²) in [4.78, 5) is 0. The summed E-state index contributed by atoms with van der Waals surface area (Å²) < 4.78 is 5.36. The zero-order valence-electron chi connectivity index (χ0n) is 18.6. The molecule has 172 valence electrons. The van der Waals surface area contributed by atoms with Crippen LogP contribution >= 0.6 is 0 Å². The largest absolute Gasteiger partial charge is 0.396 e. The van der Waals surface area contributed by atoms with Crippen molar-refractivity contribution in [2.24, 2.45) is 0 Å². The highest BCUT2D eigenvalue weighted by atomic mass is 16.5. The van der Waals surface area contributed by atoms with Gasteiger partial charge in [0.2, 0.25) is 0 Å². The van der Waals surface area contributed by atoms with Crippen LogP contribution in [0.3, 0.4) is 0 Å². The minimum atomic E-state index is -0.332. The van der Waals surface area contributed by atoms with E-state index < -0.39 is 0 Å². The normalized spacial score (nSPS) is 11.9. The first-order valence-corrected chi connectivity index (χ1v) is 11.8. The molecule has 0 bridgehead atoms. The Labute approximate surface area is 174 Å². The molecule has 0 aromatic heterocycles. The van der Waals surface area contributed by atoms with Crippen LogP contribution in [0.4, 0.5) is 0 Å². The summed E-state index contributed by atoms with van der Waals surface area (Å²) in [6.45, 7) is 3.15. The Morgan fingerprint density at radius 3 is 1.11 bits per heavy atom. The molecule has 5 nitrogen and oxygen atoms in total. The minimum absolute atomic E-state index is 0.125. The molecule has 28 heavy (non-hydrogen) atoms. The Morgan fingerprint density at radius 2 is 0.821 bits per heavy atom. The lowest BCUT2D eigenvalue weighted by Crippen LogP contribution is -2.10. The number of aliphatic hydroxyl groups excluding tert-OH is 4. The number of rotatable bonds is 21. The second-order valence-corrected chi connectivity index (χ2v) is 7.75. The van der Waals surface area contributed by atoms with E-state index in [1.807, 2.05) is 0 Å². The van der Waals surface area contributed by atoms with E-state index in [1.165, 1.54) is 89.9 Å². The molecule has 0 fully saturated rings. The van der Waals surface area contributed by atoms with Crippen molar-refractivity contribution < 1.29 is 25.2 Å². The molecule has 0 saturated heterocycles. The van der Waals surface area contributed by atoms with Crippen molar-refractivity contribution in [3.8, 4) is 0 Å². The van der Waals surface area contributed by atoms with Gasteiger partial charge in [0.1, 0.15) is 0 Å². The maximum Gasteiger partial charge on any atom is 0.0745 e. The summed E-state index contributed by atoms with van der Waals surface area (Å²) >= 11 is 0. The van der Waals surface area contributed by atoms with Gasteiger partial charge in [0.15, 0.2) is 0 Å². The molecule has 4 N–H and O–H groups in total. The molecule has 1 atom stereocenters. The molecule has 0 rings (SSSR count).